The third-order valence-electron chi connectivity index (χ3n) is 4.76. The summed E-state index contributed by atoms with van der Waals surface area (Å²) in [5, 5.41) is 4.87. The summed E-state index contributed by atoms with van der Waals surface area (Å²) in [5.41, 5.74) is 1.35. The third kappa shape index (κ3) is 8.70. The molecular weight excluding hydrogens is 336 g/mol. The first-order valence-electron chi connectivity index (χ1n) is 9.56. The molecule has 25 heavy (non-hydrogen) atoms. The zero-order valence-corrected chi connectivity index (χ0v) is 15.9. The van der Waals surface area contributed by atoms with Gasteiger partial charge in [-0.25, -0.2) is 9.86 Å². The van der Waals surface area contributed by atoms with Gasteiger partial charge in [-0.3, -0.25) is 0 Å². The van der Waals surface area contributed by atoms with Crippen molar-refractivity contribution >= 4 is 10.2 Å². The van der Waals surface area contributed by atoms with E-state index in [-0.39, 0.29) is 0 Å². The smallest absolute Gasteiger partial charge is 0.274 e. The van der Waals surface area contributed by atoms with Gasteiger partial charge < -0.3 is 4.74 Å². The Balaban J connectivity index is 1.41. The number of hydrogen-bond donors (Lipinski definition) is 2. The van der Waals surface area contributed by atoms with Crippen LogP contribution in [-0.4, -0.2) is 21.1 Å². The molecule has 0 amide bonds. The molecule has 1 aromatic carbocycles. The normalized spacial score (nSPS) is 17.1. The standard InChI is InChI=1S/C19H32N2O3S/c20-25(22,23)21-16-10-6-4-2-1-3-5-7-12-18-15-14-17-11-8-9-13-19(17)24-18/h8-9,11,13,18,21H,1-7,10,12,14-16H2,(H2,20,22,23)/t18-/m1/s1. The highest BCUT2D eigenvalue weighted by atomic mass is 32.2. The lowest BCUT2D eigenvalue weighted by Gasteiger charge is -2.26. The molecule has 6 heteroatoms. The van der Waals surface area contributed by atoms with Crippen molar-refractivity contribution in [1.29, 1.82) is 0 Å². The van der Waals surface area contributed by atoms with E-state index in [9.17, 15) is 8.42 Å². The summed E-state index contributed by atoms with van der Waals surface area (Å²) in [6.45, 7) is 0.448. The van der Waals surface area contributed by atoms with E-state index in [1.165, 1.54) is 37.7 Å². The lowest BCUT2D eigenvalue weighted by Crippen LogP contribution is -2.31. The van der Waals surface area contributed by atoms with Gasteiger partial charge in [0.1, 0.15) is 5.75 Å². The fraction of sp³-hybridized carbons (Fsp3) is 0.684. The number of rotatable bonds is 12. The van der Waals surface area contributed by atoms with Gasteiger partial charge in [0.25, 0.3) is 10.2 Å². The molecule has 1 aliphatic heterocycles. The zero-order chi connectivity index (χ0) is 18.0. The van der Waals surface area contributed by atoms with Gasteiger partial charge in [0, 0.05) is 6.54 Å². The molecule has 0 saturated heterocycles. The largest absolute Gasteiger partial charge is 0.490 e. The van der Waals surface area contributed by atoms with E-state index in [1.807, 2.05) is 6.07 Å². The Bertz CT molecular complexity index is 604. The summed E-state index contributed by atoms with van der Waals surface area (Å²) in [5.74, 6) is 1.08. The van der Waals surface area contributed by atoms with Crippen LogP contribution in [0, 0.1) is 0 Å². The molecule has 0 bridgehead atoms. The van der Waals surface area contributed by atoms with Crippen molar-refractivity contribution in [3.05, 3.63) is 29.8 Å². The van der Waals surface area contributed by atoms with Gasteiger partial charge in [0.05, 0.1) is 6.10 Å². The van der Waals surface area contributed by atoms with Crippen LogP contribution in [0.15, 0.2) is 24.3 Å². The molecule has 1 aromatic rings. The predicted octanol–water partition coefficient (Wildman–Crippen LogP) is 3.68. The lowest BCUT2D eigenvalue weighted by atomic mass is 9.98. The molecule has 0 spiro atoms. The molecule has 0 unspecified atom stereocenters. The van der Waals surface area contributed by atoms with Crippen molar-refractivity contribution in [3.8, 4) is 5.75 Å². The Morgan fingerprint density at radius 2 is 1.64 bits per heavy atom. The topological polar surface area (TPSA) is 81.4 Å². The van der Waals surface area contributed by atoms with E-state index in [4.69, 9.17) is 9.88 Å². The van der Waals surface area contributed by atoms with Crippen LogP contribution < -0.4 is 14.6 Å². The van der Waals surface area contributed by atoms with E-state index < -0.39 is 10.2 Å². The van der Waals surface area contributed by atoms with Crippen molar-refractivity contribution in [2.24, 2.45) is 5.14 Å². The van der Waals surface area contributed by atoms with Crippen LogP contribution in [0.3, 0.4) is 0 Å². The fourth-order valence-electron chi connectivity index (χ4n) is 3.36. The second-order valence-corrected chi connectivity index (χ2v) is 8.32. The number of benzene rings is 1. The maximum absolute atomic E-state index is 10.7. The quantitative estimate of drug-likeness (QED) is 0.552. The van der Waals surface area contributed by atoms with E-state index in [0.29, 0.717) is 12.6 Å². The summed E-state index contributed by atoms with van der Waals surface area (Å²) >= 11 is 0. The number of nitrogens with one attached hydrogen (secondary N) is 1. The maximum Gasteiger partial charge on any atom is 0.274 e. The number of fused-ring (bicyclic) bond motifs is 1. The van der Waals surface area contributed by atoms with Crippen LogP contribution in [0.1, 0.15) is 69.8 Å². The Morgan fingerprint density at radius 3 is 2.36 bits per heavy atom. The van der Waals surface area contributed by atoms with Gasteiger partial charge in [0.2, 0.25) is 0 Å². The van der Waals surface area contributed by atoms with Gasteiger partial charge in [-0.1, -0.05) is 56.7 Å². The number of aryl methyl sites for hydroxylation is 1. The van der Waals surface area contributed by atoms with E-state index >= 15 is 0 Å². The molecule has 5 nitrogen and oxygen atoms in total. The molecule has 1 heterocycles. The van der Waals surface area contributed by atoms with E-state index in [1.54, 1.807) is 0 Å². The van der Waals surface area contributed by atoms with Crippen LogP contribution in [0.5, 0.6) is 5.75 Å². The molecule has 0 saturated carbocycles. The lowest BCUT2D eigenvalue weighted by molar-refractivity contribution is 0.160. The van der Waals surface area contributed by atoms with Crippen molar-refractivity contribution in [1.82, 2.24) is 4.72 Å². The molecular formula is C19H32N2O3S. The Kier molecular flexibility index (Phi) is 8.72. The second-order valence-electron chi connectivity index (χ2n) is 6.94. The zero-order valence-electron chi connectivity index (χ0n) is 15.1. The summed E-state index contributed by atoms with van der Waals surface area (Å²) in [6, 6.07) is 8.38. The number of unbranched alkanes of at least 4 members (excludes halogenated alkanes) is 7. The first kappa shape index (κ1) is 20.2. The molecule has 2 rings (SSSR count). The van der Waals surface area contributed by atoms with Crippen LogP contribution in [0.2, 0.25) is 0 Å². The van der Waals surface area contributed by atoms with E-state index in [0.717, 1.165) is 44.3 Å². The SMILES string of the molecule is NS(=O)(=O)NCCCCCCCCCC[C@@H]1CCc2ccccc2O1. The van der Waals surface area contributed by atoms with Gasteiger partial charge in [-0.15, -0.1) is 0 Å². The highest BCUT2D eigenvalue weighted by molar-refractivity contribution is 7.87. The summed E-state index contributed by atoms with van der Waals surface area (Å²) in [7, 11) is -3.52. The number of hydrogen-bond acceptors (Lipinski definition) is 3. The Hall–Kier alpha value is -1.11. The highest BCUT2D eigenvalue weighted by Crippen LogP contribution is 2.29. The van der Waals surface area contributed by atoms with Crippen molar-refractivity contribution < 1.29 is 13.2 Å². The molecule has 0 fully saturated rings. The molecule has 0 aromatic heterocycles. The minimum absolute atomic E-state index is 0.390. The fourth-order valence-corrected chi connectivity index (χ4v) is 3.78. The molecule has 1 atom stereocenters. The second kappa shape index (κ2) is 10.8. The third-order valence-corrected chi connectivity index (χ3v) is 5.36. The highest BCUT2D eigenvalue weighted by Gasteiger charge is 2.18. The van der Waals surface area contributed by atoms with Crippen molar-refractivity contribution in [3.63, 3.8) is 0 Å². The molecule has 0 aliphatic carbocycles. The van der Waals surface area contributed by atoms with Gasteiger partial charge in [-0.05, 0) is 43.7 Å². The van der Waals surface area contributed by atoms with Gasteiger partial charge >= 0.3 is 0 Å². The number of nitrogens with two attached hydrogens (primary N) is 1. The minimum atomic E-state index is -3.52. The average molecular weight is 369 g/mol. The molecule has 3 N–H and O–H groups in total. The summed E-state index contributed by atoms with van der Waals surface area (Å²) < 4.78 is 29.8. The minimum Gasteiger partial charge on any atom is -0.490 e. The van der Waals surface area contributed by atoms with Gasteiger partial charge in [0.15, 0.2) is 0 Å². The molecule has 0 radical (unpaired) electrons. The van der Waals surface area contributed by atoms with Crippen LogP contribution in [0.4, 0.5) is 0 Å². The van der Waals surface area contributed by atoms with Crippen molar-refractivity contribution in [2.45, 2.75) is 76.7 Å². The van der Waals surface area contributed by atoms with Crippen LogP contribution in [0.25, 0.3) is 0 Å². The Morgan fingerprint density at radius 1 is 1.00 bits per heavy atom. The summed E-state index contributed by atoms with van der Waals surface area (Å²) in [4.78, 5) is 0. The first-order valence-corrected chi connectivity index (χ1v) is 11.1. The van der Waals surface area contributed by atoms with Crippen LogP contribution in [-0.2, 0) is 16.6 Å². The van der Waals surface area contributed by atoms with Crippen LogP contribution >= 0.6 is 0 Å². The van der Waals surface area contributed by atoms with E-state index in [2.05, 4.69) is 22.9 Å². The average Bonchev–Trinajstić information content (AvgIpc) is 2.58. The number of para-hydroxylation sites is 1. The number of ether oxygens (including phenoxy) is 1. The molecule has 1 aliphatic rings. The predicted molar refractivity (Wildman–Crippen MR) is 102 cm³/mol. The molecule has 142 valence electrons. The maximum atomic E-state index is 10.7. The first-order chi connectivity index (χ1) is 12.0. The van der Waals surface area contributed by atoms with Crippen molar-refractivity contribution in [2.75, 3.05) is 6.54 Å². The Labute approximate surface area is 152 Å². The monoisotopic (exact) mass is 368 g/mol. The summed E-state index contributed by atoms with van der Waals surface area (Å²) in [6.07, 6.45) is 13.2. The van der Waals surface area contributed by atoms with Gasteiger partial charge in [-0.2, -0.15) is 8.42 Å².